The van der Waals surface area contributed by atoms with Crippen LogP contribution in [-0.2, 0) is 6.54 Å². The normalized spacial score (nSPS) is 11.2. The largest absolute Gasteiger partial charge is 0.357 e. The zero-order chi connectivity index (χ0) is 15.8. The smallest absolute Gasteiger partial charge is 0.133 e. The Bertz CT molecular complexity index is 429. The third kappa shape index (κ3) is 5.64. The fourth-order valence-electron chi connectivity index (χ4n) is 2.57. The van der Waals surface area contributed by atoms with Crippen molar-refractivity contribution in [1.82, 2.24) is 15.2 Å². The highest BCUT2D eigenvalue weighted by molar-refractivity contribution is 5.51. The Morgan fingerprint density at radius 2 is 1.86 bits per heavy atom. The minimum atomic E-state index is 0.898. The van der Waals surface area contributed by atoms with Crippen LogP contribution in [0.2, 0.25) is 0 Å². The molecule has 1 rings (SSSR count). The van der Waals surface area contributed by atoms with Gasteiger partial charge in [-0.25, -0.2) is 4.98 Å². The molecule has 4 nitrogen and oxygen atoms in total. The average molecular weight is 292 g/mol. The SMILES string of the molecule is CCNCc1c(C)cc(C)nc1N(CC)CCCN(C)C. The van der Waals surface area contributed by atoms with E-state index in [0.717, 1.165) is 50.7 Å². The Balaban J connectivity index is 2.94. The Hall–Kier alpha value is -1.13. The van der Waals surface area contributed by atoms with Gasteiger partial charge in [-0.1, -0.05) is 6.92 Å². The summed E-state index contributed by atoms with van der Waals surface area (Å²) in [5.41, 5.74) is 3.78. The molecule has 1 heterocycles. The molecular weight excluding hydrogens is 260 g/mol. The third-order valence-corrected chi connectivity index (χ3v) is 3.72. The molecule has 120 valence electrons. The van der Waals surface area contributed by atoms with E-state index in [9.17, 15) is 0 Å². The average Bonchev–Trinajstić information content (AvgIpc) is 2.42. The molecular formula is C17H32N4. The summed E-state index contributed by atoms with van der Waals surface area (Å²) in [4.78, 5) is 9.48. The molecule has 1 aromatic rings. The van der Waals surface area contributed by atoms with Gasteiger partial charge in [0.1, 0.15) is 5.82 Å². The summed E-state index contributed by atoms with van der Waals surface area (Å²) in [6.45, 7) is 13.7. The highest BCUT2D eigenvalue weighted by Gasteiger charge is 2.14. The number of hydrogen-bond acceptors (Lipinski definition) is 4. The summed E-state index contributed by atoms with van der Waals surface area (Å²) < 4.78 is 0. The number of aromatic nitrogens is 1. The van der Waals surface area contributed by atoms with Gasteiger partial charge in [-0.15, -0.1) is 0 Å². The molecule has 0 aromatic carbocycles. The number of aryl methyl sites for hydroxylation is 2. The highest BCUT2D eigenvalue weighted by Crippen LogP contribution is 2.22. The van der Waals surface area contributed by atoms with Gasteiger partial charge in [-0.05, 0) is 66.0 Å². The second-order valence-electron chi connectivity index (χ2n) is 5.90. The maximum atomic E-state index is 4.83. The first-order chi connectivity index (χ1) is 9.99. The van der Waals surface area contributed by atoms with Crippen LogP contribution in [0.25, 0.3) is 0 Å². The molecule has 0 saturated carbocycles. The van der Waals surface area contributed by atoms with Crippen LogP contribution in [0, 0.1) is 13.8 Å². The lowest BCUT2D eigenvalue weighted by Gasteiger charge is -2.26. The Labute approximate surface area is 130 Å². The summed E-state index contributed by atoms with van der Waals surface area (Å²) in [7, 11) is 4.25. The zero-order valence-electron chi connectivity index (χ0n) is 14.7. The topological polar surface area (TPSA) is 31.4 Å². The summed E-state index contributed by atoms with van der Waals surface area (Å²) in [5, 5.41) is 3.44. The molecule has 0 atom stereocenters. The van der Waals surface area contributed by atoms with E-state index in [1.165, 1.54) is 11.1 Å². The van der Waals surface area contributed by atoms with E-state index in [2.05, 4.69) is 63.0 Å². The zero-order valence-corrected chi connectivity index (χ0v) is 14.7. The van der Waals surface area contributed by atoms with Crippen LogP contribution in [0.1, 0.15) is 37.1 Å². The van der Waals surface area contributed by atoms with Crippen molar-refractivity contribution in [2.45, 2.75) is 40.7 Å². The van der Waals surface area contributed by atoms with Crippen molar-refractivity contribution in [2.75, 3.05) is 45.2 Å². The summed E-state index contributed by atoms with van der Waals surface area (Å²) in [6.07, 6.45) is 1.16. The first-order valence-electron chi connectivity index (χ1n) is 8.07. The molecule has 0 fully saturated rings. The predicted octanol–water partition coefficient (Wildman–Crippen LogP) is 2.59. The first kappa shape index (κ1) is 17.9. The lowest BCUT2D eigenvalue weighted by Crippen LogP contribution is -2.30. The molecule has 0 aliphatic carbocycles. The van der Waals surface area contributed by atoms with Crippen LogP contribution in [0.3, 0.4) is 0 Å². The van der Waals surface area contributed by atoms with E-state index in [1.807, 2.05) is 0 Å². The second-order valence-corrected chi connectivity index (χ2v) is 5.90. The number of hydrogen-bond donors (Lipinski definition) is 1. The Kier molecular flexibility index (Phi) is 7.68. The lowest BCUT2D eigenvalue weighted by molar-refractivity contribution is 0.400. The van der Waals surface area contributed by atoms with Crippen LogP contribution >= 0.6 is 0 Å². The maximum Gasteiger partial charge on any atom is 0.133 e. The van der Waals surface area contributed by atoms with Crippen LogP contribution in [0.5, 0.6) is 0 Å². The number of nitrogens with zero attached hydrogens (tertiary/aromatic N) is 3. The molecule has 0 saturated heterocycles. The van der Waals surface area contributed by atoms with E-state index in [4.69, 9.17) is 4.98 Å². The lowest BCUT2D eigenvalue weighted by atomic mass is 10.1. The molecule has 0 radical (unpaired) electrons. The van der Waals surface area contributed by atoms with Crippen molar-refractivity contribution in [3.63, 3.8) is 0 Å². The maximum absolute atomic E-state index is 4.83. The van der Waals surface area contributed by atoms with Crippen LogP contribution < -0.4 is 10.2 Å². The van der Waals surface area contributed by atoms with Gasteiger partial charge >= 0.3 is 0 Å². The molecule has 0 unspecified atom stereocenters. The van der Waals surface area contributed by atoms with E-state index in [-0.39, 0.29) is 0 Å². The summed E-state index contributed by atoms with van der Waals surface area (Å²) in [5.74, 6) is 1.16. The van der Waals surface area contributed by atoms with Gasteiger partial charge in [0.05, 0.1) is 0 Å². The van der Waals surface area contributed by atoms with Crippen molar-refractivity contribution in [1.29, 1.82) is 0 Å². The molecule has 0 spiro atoms. The van der Waals surface area contributed by atoms with E-state index < -0.39 is 0 Å². The Morgan fingerprint density at radius 3 is 2.43 bits per heavy atom. The standard InChI is InChI=1S/C17H32N4/c1-7-18-13-16-14(3)12-15(4)19-17(16)21(8-2)11-9-10-20(5)6/h12,18H,7-11,13H2,1-6H3. The van der Waals surface area contributed by atoms with E-state index in [0.29, 0.717) is 0 Å². The van der Waals surface area contributed by atoms with Gasteiger partial charge in [0.15, 0.2) is 0 Å². The quantitative estimate of drug-likeness (QED) is 0.758. The van der Waals surface area contributed by atoms with Gasteiger partial charge in [0, 0.05) is 30.9 Å². The third-order valence-electron chi connectivity index (χ3n) is 3.72. The fraction of sp³-hybridized carbons (Fsp3) is 0.706. The van der Waals surface area contributed by atoms with Gasteiger partial charge in [0.2, 0.25) is 0 Å². The van der Waals surface area contributed by atoms with Crippen molar-refractivity contribution >= 4 is 5.82 Å². The number of nitrogens with one attached hydrogen (secondary N) is 1. The minimum absolute atomic E-state index is 0.898. The molecule has 4 heteroatoms. The van der Waals surface area contributed by atoms with Gasteiger partial charge in [-0.2, -0.15) is 0 Å². The van der Waals surface area contributed by atoms with Crippen LogP contribution in [0.4, 0.5) is 5.82 Å². The van der Waals surface area contributed by atoms with Crippen molar-refractivity contribution < 1.29 is 0 Å². The molecule has 0 aliphatic heterocycles. The molecule has 0 aliphatic rings. The Morgan fingerprint density at radius 1 is 1.14 bits per heavy atom. The van der Waals surface area contributed by atoms with Crippen molar-refractivity contribution in [3.05, 3.63) is 22.9 Å². The van der Waals surface area contributed by atoms with Gasteiger partial charge in [0.25, 0.3) is 0 Å². The van der Waals surface area contributed by atoms with Crippen molar-refractivity contribution in [2.24, 2.45) is 0 Å². The van der Waals surface area contributed by atoms with E-state index in [1.54, 1.807) is 0 Å². The van der Waals surface area contributed by atoms with Crippen LogP contribution in [0.15, 0.2) is 6.07 Å². The van der Waals surface area contributed by atoms with E-state index >= 15 is 0 Å². The second kappa shape index (κ2) is 9.00. The number of anilines is 1. The van der Waals surface area contributed by atoms with Crippen LogP contribution in [-0.4, -0.2) is 50.2 Å². The number of rotatable bonds is 9. The molecule has 1 aromatic heterocycles. The molecule has 21 heavy (non-hydrogen) atoms. The predicted molar refractivity (Wildman–Crippen MR) is 92.1 cm³/mol. The molecule has 0 amide bonds. The minimum Gasteiger partial charge on any atom is -0.357 e. The molecule has 1 N–H and O–H groups in total. The number of pyridine rings is 1. The highest BCUT2D eigenvalue weighted by atomic mass is 15.2. The summed E-state index contributed by atoms with van der Waals surface area (Å²) in [6, 6.07) is 2.18. The first-order valence-corrected chi connectivity index (χ1v) is 8.07. The van der Waals surface area contributed by atoms with Gasteiger partial charge < -0.3 is 15.1 Å². The van der Waals surface area contributed by atoms with Crippen molar-refractivity contribution in [3.8, 4) is 0 Å². The monoisotopic (exact) mass is 292 g/mol. The van der Waals surface area contributed by atoms with Gasteiger partial charge in [-0.3, -0.25) is 0 Å². The molecule has 0 bridgehead atoms. The summed E-state index contributed by atoms with van der Waals surface area (Å²) >= 11 is 0. The fourth-order valence-corrected chi connectivity index (χ4v) is 2.57.